The van der Waals surface area contributed by atoms with E-state index in [1.54, 1.807) is 50.2 Å². The quantitative estimate of drug-likeness (QED) is 0.377. The molecule has 2 aromatic carbocycles. The van der Waals surface area contributed by atoms with Gasteiger partial charge < -0.3 is 9.84 Å². The Hall–Kier alpha value is -3.27. The number of hydrogen-bond donors (Lipinski definition) is 1. The number of benzene rings is 2. The summed E-state index contributed by atoms with van der Waals surface area (Å²) in [4.78, 5) is 22.2. The highest BCUT2D eigenvalue weighted by atomic mass is 32.2. The Kier molecular flexibility index (Phi) is 6.50. The Labute approximate surface area is 187 Å². The molecule has 4 rings (SSSR count). The zero-order valence-corrected chi connectivity index (χ0v) is 18.3. The number of nitrogens with one attached hydrogen (secondary N) is 1. The Balaban J connectivity index is 1.46. The fraction of sp³-hybridized carbons (Fsp3) is 0.273. The number of para-hydroxylation sites is 2. The minimum atomic E-state index is -2.72. The van der Waals surface area contributed by atoms with Crippen LogP contribution in [0.2, 0.25) is 0 Å². The maximum atomic E-state index is 13.7. The van der Waals surface area contributed by atoms with E-state index < -0.39 is 12.5 Å². The van der Waals surface area contributed by atoms with Gasteiger partial charge in [-0.15, -0.1) is 11.8 Å². The van der Waals surface area contributed by atoms with Crippen LogP contribution in [0.25, 0.3) is 11.0 Å². The minimum absolute atomic E-state index is 0.165. The first kappa shape index (κ1) is 21.9. The summed E-state index contributed by atoms with van der Waals surface area (Å²) < 4.78 is 33.3. The summed E-state index contributed by atoms with van der Waals surface area (Å²) in [6.07, 6.45) is 0. The molecule has 1 N–H and O–H groups in total. The van der Waals surface area contributed by atoms with Gasteiger partial charge in [-0.1, -0.05) is 36.3 Å². The number of halogens is 2. The van der Waals surface area contributed by atoms with Gasteiger partial charge in [-0.3, -0.25) is 9.36 Å². The van der Waals surface area contributed by atoms with E-state index in [-0.39, 0.29) is 18.3 Å². The van der Waals surface area contributed by atoms with Crippen molar-refractivity contribution >= 4 is 28.7 Å². The van der Waals surface area contributed by atoms with Crippen LogP contribution in [0.1, 0.15) is 47.3 Å². The molecule has 0 bridgehead atoms. The number of amides is 1. The summed E-state index contributed by atoms with van der Waals surface area (Å²) in [5.74, 6) is 1.01. The molecule has 2 aromatic heterocycles. The first-order valence-corrected chi connectivity index (χ1v) is 11.0. The van der Waals surface area contributed by atoms with Gasteiger partial charge in [-0.05, 0) is 24.3 Å². The third-order valence-corrected chi connectivity index (χ3v) is 5.96. The fourth-order valence-corrected chi connectivity index (χ4v) is 4.26. The van der Waals surface area contributed by atoms with E-state index in [0.717, 1.165) is 9.46 Å². The SMILES string of the molecule is Cc1nc(CSc2ccccc2C(=O)NC[C@@H](C)c2nc3ccccc3n2C(F)F)no1. The van der Waals surface area contributed by atoms with Crippen LogP contribution in [0.4, 0.5) is 8.78 Å². The first-order chi connectivity index (χ1) is 15.4. The van der Waals surface area contributed by atoms with E-state index in [1.165, 1.54) is 11.8 Å². The molecule has 0 aliphatic rings. The molecular weight excluding hydrogens is 436 g/mol. The lowest BCUT2D eigenvalue weighted by Gasteiger charge is -2.15. The summed E-state index contributed by atoms with van der Waals surface area (Å²) >= 11 is 1.42. The van der Waals surface area contributed by atoms with E-state index in [0.29, 0.717) is 34.1 Å². The van der Waals surface area contributed by atoms with Crippen molar-refractivity contribution in [3.63, 3.8) is 0 Å². The molecule has 0 saturated carbocycles. The van der Waals surface area contributed by atoms with Gasteiger partial charge in [-0.25, -0.2) is 4.98 Å². The standard InChI is InChI=1S/C22H21F2N5O2S/c1-13(20-27-16-8-4-5-9-17(16)29(20)22(23)24)11-25-21(30)15-7-3-6-10-18(15)32-12-19-26-14(2)31-28-19/h3-10,13,22H,11-12H2,1-2H3,(H,25,30)/t13-/m1/s1. The predicted octanol–water partition coefficient (Wildman–Crippen LogP) is 4.95. The van der Waals surface area contributed by atoms with Crippen LogP contribution in [0.5, 0.6) is 0 Å². The number of rotatable bonds is 8. The van der Waals surface area contributed by atoms with Crippen LogP contribution < -0.4 is 5.32 Å². The number of thioether (sulfide) groups is 1. The van der Waals surface area contributed by atoms with Crippen molar-refractivity contribution in [2.24, 2.45) is 0 Å². The molecule has 0 spiro atoms. The third kappa shape index (κ3) is 4.64. The first-order valence-electron chi connectivity index (χ1n) is 9.98. The maximum absolute atomic E-state index is 13.7. The Morgan fingerprint density at radius 1 is 1.16 bits per heavy atom. The van der Waals surface area contributed by atoms with Crippen LogP contribution in [0.15, 0.2) is 57.9 Å². The molecule has 0 unspecified atom stereocenters. The van der Waals surface area contributed by atoms with Crippen molar-refractivity contribution < 1.29 is 18.1 Å². The van der Waals surface area contributed by atoms with Crippen molar-refractivity contribution in [3.05, 3.63) is 71.6 Å². The number of hydrogen-bond acceptors (Lipinski definition) is 6. The van der Waals surface area contributed by atoms with Crippen molar-refractivity contribution in [2.45, 2.75) is 37.0 Å². The Morgan fingerprint density at radius 3 is 2.66 bits per heavy atom. The largest absolute Gasteiger partial charge is 0.351 e. The number of aromatic nitrogens is 4. The molecule has 0 fully saturated rings. The Bertz CT molecular complexity index is 1240. The summed E-state index contributed by atoms with van der Waals surface area (Å²) in [5.41, 5.74) is 1.36. The second-order valence-electron chi connectivity index (χ2n) is 7.23. The minimum Gasteiger partial charge on any atom is -0.351 e. The van der Waals surface area contributed by atoms with Crippen LogP contribution in [-0.2, 0) is 5.75 Å². The highest BCUT2D eigenvalue weighted by molar-refractivity contribution is 7.98. The topological polar surface area (TPSA) is 85.8 Å². The molecular formula is C22H21F2N5O2S. The van der Waals surface area contributed by atoms with E-state index in [4.69, 9.17) is 4.52 Å². The average Bonchev–Trinajstić information content (AvgIpc) is 3.39. The second-order valence-corrected chi connectivity index (χ2v) is 8.25. The molecule has 4 aromatic rings. The molecule has 32 heavy (non-hydrogen) atoms. The molecule has 0 aliphatic carbocycles. The highest BCUT2D eigenvalue weighted by Gasteiger charge is 2.22. The molecule has 1 atom stereocenters. The number of alkyl halides is 2. The summed E-state index contributed by atoms with van der Waals surface area (Å²) in [6, 6.07) is 13.9. The maximum Gasteiger partial charge on any atom is 0.320 e. The number of aryl methyl sites for hydroxylation is 1. The van der Waals surface area contributed by atoms with Crippen LogP contribution in [0, 0.1) is 6.92 Å². The lowest BCUT2D eigenvalue weighted by atomic mass is 10.1. The molecule has 166 valence electrons. The zero-order valence-electron chi connectivity index (χ0n) is 17.5. The molecule has 7 nitrogen and oxygen atoms in total. The number of carbonyl (C=O) groups is 1. The van der Waals surface area contributed by atoms with Crippen molar-refractivity contribution in [2.75, 3.05) is 6.54 Å². The van der Waals surface area contributed by atoms with Crippen molar-refractivity contribution in [3.8, 4) is 0 Å². The van der Waals surface area contributed by atoms with Gasteiger partial charge in [0.25, 0.3) is 5.91 Å². The highest BCUT2D eigenvalue weighted by Crippen LogP contribution is 2.28. The van der Waals surface area contributed by atoms with Crippen molar-refractivity contribution in [1.82, 2.24) is 25.0 Å². The summed E-state index contributed by atoms with van der Waals surface area (Å²) in [7, 11) is 0. The van der Waals surface area contributed by atoms with Gasteiger partial charge in [0, 0.05) is 24.3 Å². The van der Waals surface area contributed by atoms with Gasteiger partial charge in [-0.2, -0.15) is 13.8 Å². The van der Waals surface area contributed by atoms with Gasteiger partial charge in [0.2, 0.25) is 5.89 Å². The predicted molar refractivity (Wildman–Crippen MR) is 117 cm³/mol. The number of carbonyl (C=O) groups excluding carboxylic acids is 1. The van der Waals surface area contributed by atoms with Gasteiger partial charge in [0.1, 0.15) is 5.82 Å². The lowest BCUT2D eigenvalue weighted by Crippen LogP contribution is -2.29. The summed E-state index contributed by atoms with van der Waals surface area (Å²) in [5, 5.41) is 6.71. The lowest BCUT2D eigenvalue weighted by molar-refractivity contribution is 0.0704. The van der Waals surface area contributed by atoms with E-state index >= 15 is 0 Å². The average molecular weight is 458 g/mol. The molecule has 0 saturated heterocycles. The molecule has 0 aliphatic heterocycles. The smallest absolute Gasteiger partial charge is 0.320 e. The van der Waals surface area contributed by atoms with Crippen LogP contribution >= 0.6 is 11.8 Å². The van der Waals surface area contributed by atoms with Gasteiger partial charge in [0.05, 0.1) is 22.3 Å². The normalized spacial score (nSPS) is 12.4. The fourth-order valence-electron chi connectivity index (χ4n) is 3.37. The van der Waals surface area contributed by atoms with Gasteiger partial charge in [0.15, 0.2) is 5.82 Å². The van der Waals surface area contributed by atoms with E-state index in [1.807, 2.05) is 12.1 Å². The van der Waals surface area contributed by atoms with Crippen LogP contribution in [-0.4, -0.2) is 32.1 Å². The number of fused-ring (bicyclic) bond motifs is 1. The van der Waals surface area contributed by atoms with E-state index in [2.05, 4.69) is 20.4 Å². The molecule has 0 radical (unpaired) electrons. The zero-order chi connectivity index (χ0) is 22.7. The monoisotopic (exact) mass is 457 g/mol. The second kappa shape index (κ2) is 9.47. The van der Waals surface area contributed by atoms with Gasteiger partial charge >= 0.3 is 6.55 Å². The number of nitrogens with zero attached hydrogens (tertiary/aromatic N) is 4. The van der Waals surface area contributed by atoms with Crippen LogP contribution in [0.3, 0.4) is 0 Å². The van der Waals surface area contributed by atoms with Crippen molar-refractivity contribution in [1.29, 1.82) is 0 Å². The Morgan fingerprint density at radius 2 is 1.91 bits per heavy atom. The molecule has 2 heterocycles. The summed E-state index contributed by atoms with van der Waals surface area (Å²) in [6.45, 7) is 0.922. The third-order valence-electron chi connectivity index (χ3n) is 4.89. The van der Waals surface area contributed by atoms with E-state index in [9.17, 15) is 13.6 Å². The molecule has 10 heteroatoms. The number of imidazole rings is 1. The molecule has 1 amide bonds.